The Morgan fingerprint density at radius 2 is 2.07 bits per heavy atom. The van der Waals surface area contributed by atoms with Gasteiger partial charge in [0.1, 0.15) is 28.8 Å². The molecule has 0 spiro atoms. The SMILES string of the molecule is Cc1cc(CN2CCC(n3nnc(-c4ccc(F)cc4F)c3CO)C2)c(C)o1. The molecule has 1 unspecified atom stereocenters. The van der Waals surface area contributed by atoms with Crippen LogP contribution in [0.4, 0.5) is 8.78 Å². The van der Waals surface area contributed by atoms with E-state index in [9.17, 15) is 13.9 Å². The Hall–Kier alpha value is -2.58. The molecule has 0 amide bonds. The number of aryl methyl sites for hydroxylation is 2. The molecule has 1 fully saturated rings. The van der Waals surface area contributed by atoms with Gasteiger partial charge in [0.15, 0.2) is 0 Å². The van der Waals surface area contributed by atoms with Crippen LogP contribution in [-0.4, -0.2) is 38.1 Å². The molecule has 3 heterocycles. The van der Waals surface area contributed by atoms with E-state index in [0.29, 0.717) is 5.69 Å². The molecule has 3 aromatic rings. The van der Waals surface area contributed by atoms with Gasteiger partial charge in [0.25, 0.3) is 0 Å². The molecule has 1 atom stereocenters. The van der Waals surface area contributed by atoms with Crippen molar-refractivity contribution < 1.29 is 18.3 Å². The summed E-state index contributed by atoms with van der Waals surface area (Å²) >= 11 is 0. The van der Waals surface area contributed by atoms with Gasteiger partial charge in [0.2, 0.25) is 0 Å². The molecule has 8 heteroatoms. The van der Waals surface area contributed by atoms with Crippen LogP contribution < -0.4 is 0 Å². The smallest absolute Gasteiger partial charge is 0.135 e. The minimum absolute atomic E-state index is 0.0280. The largest absolute Gasteiger partial charge is 0.466 e. The van der Waals surface area contributed by atoms with Crippen LogP contribution in [0.3, 0.4) is 0 Å². The summed E-state index contributed by atoms with van der Waals surface area (Å²) in [5, 5.41) is 18.1. The lowest BCUT2D eigenvalue weighted by Gasteiger charge is -2.16. The minimum atomic E-state index is -0.722. The second-order valence-electron chi connectivity index (χ2n) is 7.23. The molecule has 28 heavy (non-hydrogen) atoms. The number of halogens is 2. The molecule has 1 N–H and O–H groups in total. The molecule has 0 aliphatic carbocycles. The molecule has 2 aromatic heterocycles. The zero-order chi connectivity index (χ0) is 19.8. The van der Waals surface area contributed by atoms with Crippen molar-refractivity contribution in [2.45, 2.75) is 39.5 Å². The number of aromatic nitrogens is 3. The van der Waals surface area contributed by atoms with Gasteiger partial charge in [-0.1, -0.05) is 5.21 Å². The van der Waals surface area contributed by atoms with Gasteiger partial charge in [-0.15, -0.1) is 5.10 Å². The molecule has 1 aliphatic rings. The maximum atomic E-state index is 14.2. The zero-order valence-electron chi connectivity index (χ0n) is 15.8. The molecular weight excluding hydrogens is 366 g/mol. The normalized spacial score (nSPS) is 17.5. The number of nitrogens with zero attached hydrogens (tertiary/aromatic N) is 4. The number of furan rings is 1. The van der Waals surface area contributed by atoms with Crippen LogP contribution in [0.1, 0.15) is 35.2 Å². The van der Waals surface area contributed by atoms with Gasteiger partial charge < -0.3 is 9.52 Å². The minimum Gasteiger partial charge on any atom is -0.466 e. The maximum Gasteiger partial charge on any atom is 0.135 e. The molecule has 6 nitrogen and oxygen atoms in total. The lowest BCUT2D eigenvalue weighted by molar-refractivity contribution is 0.257. The fourth-order valence-corrected chi connectivity index (χ4v) is 3.88. The van der Waals surface area contributed by atoms with Crippen molar-refractivity contribution in [3.05, 3.63) is 58.7 Å². The number of hydrogen-bond acceptors (Lipinski definition) is 5. The standard InChI is InChI=1S/C20H22F2N4O2/c1-12-7-14(13(2)28-12)9-25-6-5-16(10-25)26-19(11-27)20(23-24-26)17-4-3-15(21)8-18(17)22/h3-4,7-8,16,27H,5-6,9-11H2,1-2H3. The van der Waals surface area contributed by atoms with E-state index < -0.39 is 11.6 Å². The number of aliphatic hydroxyl groups is 1. The van der Waals surface area contributed by atoms with E-state index in [1.165, 1.54) is 12.1 Å². The number of likely N-dealkylation sites (tertiary alicyclic amines) is 1. The number of benzene rings is 1. The third-order valence-electron chi connectivity index (χ3n) is 5.26. The highest BCUT2D eigenvalue weighted by Gasteiger charge is 2.29. The van der Waals surface area contributed by atoms with Gasteiger partial charge in [-0.05, 0) is 38.5 Å². The van der Waals surface area contributed by atoms with Gasteiger partial charge in [-0.25, -0.2) is 13.5 Å². The highest BCUT2D eigenvalue weighted by atomic mass is 19.1. The number of rotatable bonds is 5. The van der Waals surface area contributed by atoms with Crippen molar-refractivity contribution in [1.29, 1.82) is 0 Å². The van der Waals surface area contributed by atoms with Gasteiger partial charge in [-0.3, -0.25) is 4.90 Å². The van der Waals surface area contributed by atoms with Crippen molar-refractivity contribution in [3.8, 4) is 11.3 Å². The summed E-state index contributed by atoms with van der Waals surface area (Å²) < 4.78 is 34.6. The first-order valence-corrected chi connectivity index (χ1v) is 9.25. The van der Waals surface area contributed by atoms with Crippen molar-refractivity contribution in [3.63, 3.8) is 0 Å². The molecule has 4 rings (SSSR count). The summed E-state index contributed by atoms with van der Waals surface area (Å²) in [5.41, 5.74) is 1.98. The molecule has 1 saturated heterocycles. The zero-order valence-corrected chi connectivity index (χ0v) is 15.8. The Balaban J connectivity index is 1.55. The fraction of sp³-hybridized carbons (Fsp3) is 0.400. The molecule has 0 saturated carbocycles. The Morgan fingerprint density at radius 3 is 2.75 bits per heavy atom. The molecule has 148 valence electrons. The third kappa shape index (κ3) is 3.45. The maximum absolute atomic E-state index is 14.2. The molecule has 1 aliphatic heterocycles. The average Bonchev–Trinajstić information content (AvgIpc) is 3.34. The summed E-state index contributed by atoms with van der Waals surface area (Å²) in [6.45, 7) is 5.96. The lowest BCUT2D eigenvalue weighted by atomic mass is 10.1. The predicted octanol–water partition coefficient (Wildman–Crippen LogP) is 3.37. The van der Waals surface area contributed by atoms with E-state index in [0.717, 1.165) is 49.2 Å². The quantitative estimate of drug-likeness (QED) is 0.726. The van der Waals surface area contributed by atoms with E-state index >= 15 is 0 Å². The lowest BCUT2D eigenvalue weighted by Crippen LogP contribution is -2.22. The first-order chi connectivity index (χ1) is 13.5. The summed E-state index contributed by atoms with van der Waals surface area (Å²) in [6, 6.07) is 5.38. The average molecular weight is 388 g/mol. The van der Waals surface area contributed by atoms with Gasteiger partial charge in [-0.2, -0.15) is 0 Å². The summed E-state index contributed by atoms with van der Waals surface area (Å²) in [6.07, 6.45) is 0.845. The monoisotopic (exact) mass is 388 g/mol. The molecule has 1 aromatic carbocycles. The van der Waals surface area contributed by atoms with Crippen LogP contribution in [-0.2, 0) is 13.2 Å². The van der Waals surface area contributed by atoms with Crippen LogP contribution in [0.2, 0.25) is 0 Å². The Labute approximate surface area is 161 Å². The van der Waals surface area contributed by atoms with Crippen LogP contribution >= 0.6 is 0 Å². The van der Waals surface area contributed by atoms with Crippen molar-refractivity contribution in [1.82, 2.24) is 19.9 Å². The summed E-state index contributed by atoms with van der Waals surface area (Å²) in [4.78, 5) is 2.29. The predicted molar refractivity (Wildman–Crippen MR) is 98.4 cm³/mol. The van der Waals surface area contributed by atoms with Crippen LogP contribution in [0.25, 0.3) is 11.3 Å². The first-order valence-electron chi connectivity index (χ1n) is 9.25. The van der Waals surface area contributed by atoms with Crippen LogP contribution in [0.15, 0.2) is 28.7 Å². The van der Waals surface area contributed by atoms with E-state index in [4.69, 9.17) is 4.42 Å². The highest BCUT2D eigenvalue weighted by Crippen LogP contribution is 2.30. The van der Waals surface area contributed by atoms with E-state index in [-0.39, 0.29) is 23.9 Å². The summed E-state index contributed by atoms with van der Waals surface area (Å²) in [5.74, 6) is 0.441. The molecule has 0 radical (unpaired) electrons. The second kappa shape index (κ2) is 7.44. The third-order valence-corrected chi connectivity index (χ3v) is 5.26. The second-order valence-corrected chi connectivity index (χ2v) is 7.23. The Morgan fingerprint density at radius 1 is 1.25 bits per heavy atom. The Bertz CT molecular complexity index is 998. The summed E-state index contributed by atoms with van der Waals surface area (Å²) in [7, 11) is 0. The first kappa shape index (κ1) is 18.8. The van der Waals surface area contributed by atoms with Gasteiger partial charge in [0.05, 0.1) is 18.3 Å². The fourth-order valence-electron chi connectivity index (χ4n) is 3.88. The van der Waals surface area contributed by atoms with Crippen LogP contribution in [0.5, 0.6) is 0 Å². The Kier molecular flexibility index (Phi) is 4.99. The highest BCUT2D eigenvalue weighted by molar-refractivity contribution is 5.62. The van der Waals surface area contributed by atoms with Crippen molar-refractivity contribution >= 4 is 0 Å². The van der Waals surface area contributed by atoms with Gasteiger partial charge >= 0.3 is 0 Å². The number of aliphatic hydroxyl groups excluding tert-OH is 1. The van der Waals surface area contributed by atoms with E-state index in [1.807, 2.05) is 19.9 Å². The van der Waals surface area contributed by atoms with E-state index in [1.54, 1.807) is 4.68 Å². The van der Waals surface area contributed by atoms with Crippen molar-refractivity contribution in [2.24, 2.45) is 0 Å². The van der Waals surface area contributed by atoms with Crippen LogP contribution in [0, 0.1) is 25.5 Å². The van der Waals surface area contributed by atoms with Gasteiger partial charge in [0, 0.05) is 36.8 Å². The molecular formula is C20H22F2N4O2. The topological polar surface area (TPSA) is 67.3 Å². The van der Waals surface area contributed by atoms with Crippen molar-refractivity contribution in [2.75, 3.05) is 13.1 Å². The van der Waals surface area contributed by atoms with E-state index in [2.05, 4.69) is 15.2 Å². The number of hydrogen-bond donors (Lipinski definition) is 1. The molecule has 0 bridgehead atoms.